The van der Waals surface area contributed by atoms with Crippen molar-refractivity contribution in [1.82, 2.24) is 20.3 Å². The van der Waals surface area contributed by atoms with Crippen molar-refractivity contribution in [2.24, 2.45) is 5.92 Å². The van der Waals surface area contributed by atoms with Crippen LogP contribution in [0.4, 0.5) is 0 Å². The molecule has 8 heteroatoms. The summed E-state index contributed by atoms with van der Waals surface area (Å²) in [6, 6.07) is 2.27. The molecule has 0 radical (unpaired) electrons. The van der Waals surface area contributed by atoms with Gasteiger partial charge in [-0.3, -0.25) is 14.5 Å². The second kappa shape index (κ2) is 10.0. The number of aryl methyl sites for hydroxylation is 1. The van der Waals surface area contributed by atoms with E-state index in [4.69, 9.17) is 9.26 Å². The summed E-state index contributed by atoms with van der Waals surface area (Å²) in [6.45, 7) is 6.34. The van der Waals surface area contributed by atoms with Crippen molar-refractivity contribution in [2.45, 2.75) is 45.1 Å². The van der Waals surface area contributed by atoms with Gasteiger partial charge >= 0.3 is 0 Å². The molecular formula is C20H32N4O4. The first kappa shape index (κ1) is 20.8. The Kier molecular flexibility index (Phi) is 7.44. The molecule has 2 saturated heterocycles. The molecule has 1 N–H and O–H groups in total. The fraction of sp³-hybridized carbons (Fsp3) is 0.750. The monoisotopic (exact) mass is 392 g/mol. The van der Waals surface area contributed by atoms with Gasteiger partial charge in [0.1, 0.15) is 5.76 Å². The molecule has 0 spiro atoms. The lowest BCUT2D eigenvalue weighted by atomic mass is 9.93. The van der Waals surface area contributed by atoms with Gasteiger partial charge < -0.3 is 19.5 Å². The number of amides is 2. The molecule has 156 valence electrons. The number of nitrogens with one attached hydrogen (secondary N) is 1. The molecule has 1 aromatic heterocycles. The summed E-state index contributed by atoms with van der Waals surface area (Å²) in [7, 11) is 1.64. The van der Waals surface area contributed by atoms with Gasteiger partial charge in [-0.25, -0.2) is 0 Å². The van der Waals surface area contributed by atoms with Crippen molar-refractivity contribution in [3.63, 3.8) is 0 Å². The minimum absolute atomic E-state index is 0.0555. The van der Waals surface area contributed by atoms with Crippen LogP contribution in [0.25, 0.3) is 0 Å². The number of hydrogen-bond acceptors (Lipinski definition) is 6. The van der Waals surface area contributed by atoms with Crippen LogP contribution in [-0.2, 0) is 20.7 Å². The standard InChI is InChI=1S/C20H32N4O4/c1-15-12-18(28-22-15)13-19(25)23-9-5-17(6-10-23)24-8-3-4-16(14-24)20(26)21-7-11-27-2/h12,16-17H,3-11,13-14H2,1-2H3,(H,21,26)/t16-/m0/s1. The largest absolute Gasteiger partial charge is 0.383 e. The normalized spacial score (nSPS) is 21.6. The van der Waals surface area contributed by atoms with Gasteiger partial charge in [-0.1, -0.05) is 5.16 Å². The SMILES string of the molecule is COCCNC(=O)[C@H]1CCCN(C2CCN(C(=O)Cc3cc(C)no3)CC2)C1. The number of methoxy groups -OCH3 is 1. The fourth-order valence-electron chi connectivity index (χ4n) is 4.21. The molecule has 0 aromatic carbocycles. The molecule has 2 fully saturated rings. The van der Waals surface area contributed by atoms with Crippen molar-refractivity contribution >= 4 is 11.8 Å². The van der Waals surface area contributed by atoms with Crippen molar-refractivity contribution in [2.75, 3.05) is 46.4 Å². The highest BCUT2D eigenvalue weighted by molar-refractivity contribution is 5.79. The summed E-state index contributed by atoms with van der Waals surface area (Å²) >= 11 is 0. The number of likely N-dealkylation sites (tertiary alicyclic amines) is 2. The van der Waals surface area contributed by atoms with E-state index in [1.165, 1.54) is 0 Å². The van der Waals surface area contributed by atoms with Crippen LogP contribution < -0.4 is 5.32 Å². The zero-order valence-electron chi connectivity index (χ0n) is 17.0. The maximum absolute atomic E-state index is 12.5. The maximum atomic E-state index is 12.5. The van der Waals surface area contributed by atoms with Crippen LogP contribution in [0.1, 0.15) is 37.1 Å². The summed E-state index contributed by atoms with van der Waals surface area (Å²) in [6.07, 6.45) is 4.19. The van der Waals surface area contributed by atoms with E-state index >= 15 is 0 Å². The Morgan fingerprint density at radius 3 is 2.75 bits per heavy atom. The Morgan fingerprint density at radius 2 is 2.07 bits per heavy atom. The minimum Gasteiger partial charge on any atom is -0.383 e. The molecular weight excluding hydrogens is 360 g/mol. The zero-order chi connectivity index (χ0) is 19.9. The number of ether oxygens (including phenoxy) is 1. The molecule has 0 saturated carbocycles. The summed E-state index contributed by atoms with van der Waals surface area (Å²) in [4.78, 5) is 29.2. The lowest BCUT2D eigenvalue weighted by Crippen LogP contribution is -2.51. The van der Waals surface area contributed by atoms with E-state index in [9.17, 15) is 9.59 Å². The summed E-state index contributed by atoms with van der Waals surface area (Å²) in [5.74, 6) is 0.920. The molecule has 2 aliphatic rings. The third-order valence-corrected chi connectivity index (χ3v) is 5.76. The van der Waals surface area contributed by atoms with Gasteiger partial charge in [-0.2, -0.15) is 0 Å². The second-order valence-corrected chi connectivity index (χ2v) is 7.84. The molecule has 0 aliphatic carbocycles. The van der Waals surface area contributed by atoms with Crippen LogP contribution in [0.5, 0.6) is 0 Å². The summed E-state index contributed by atoms with van der Waals surface area (Å²) in [5, 5.41) is 6.81. The molecule has 0 unspecified atom stereocenters. The number of hydrogen-bond donors (Lipinski definition) is 1. The summed E-state index contributed by atoms with van der Waals surface area (Å²) < 4.78 is 10.2. The van der Waals surface area contributed by atoms with E-state index in [2.05, 4.69) is 15.4 Å². The van der Waals surface area contributed by atoms with Gasteiger partial charge in [-0.15, -0.1) is 0 Å². The first-order valence-electron chi connectivity index (χ1n) is 10.3. The van der Waals surface area contributed by atoms with E-state index in [1.807, 2.05) is 17.9 Å². The van der Waals surface area contributed by atoms with Crippen LogP contribution in [0, 0.1) is 12.8 Å². The number of carbonyl (C=O) groups is 2. The second-order valence-electron chi connectivity index (χ2n) is 7.84. The average Bonchev–Trinajstić information content (AvgIpc) is 3.13. The number of piperidine rings is 2. The lowest BCUT2D eigenvalue weighted by molar-refractivity contribution is -0.132. The van der Waals surface area contributed by atoms with Crippen LogP contribution in [0.2, 0.25) is 0 Å². The molecule has 0 bridgehead atoms. The minimum atomic E-state index is 0.0555. The number of nitrogens with zero attached hydrogens (tertiary/aromatic N) is 3. The maximum Gasteiger partial charge on any atom is 0.230 e. The van der Waals surface area contributed by atoms with Gasteiger partial charge in [0.15, 0.2) is 0 Å². The van der Waals surface area contributed by atoms with Crippen molar-refractivity contribution in [3.8, 4) is 0 Å². The molecule has 1 aromatic rings. The number of rotatable bonds is 7. The van der Waals surface area contributed by atoms with E-state index < -0.39 is 0 Å². The highest BCUT2D eigenvalue weighted by Gasteiger charge is 2.32. The molecule has 8 nitrogen and oxygen atoms in total. The Morgan fingerprint density at radius 1 is 1.29 bits per heavy atom. The average molecular weight is 393 g/mol. The quantitative estimate of drug-likeness (QED) is 0.697. The first-order chi connectivity index (χ1) is 13.6. The smallest absolute Gasteiger partial charge is 0.230 e. The first-order valence-corrected chi connectivity index (χ1v) is 10.3. The van der Waals surface area contributed by atoms with Crippen LogP contribution in [-0.4, -0.2) is 79.3 Å². The Balaban J connectivity index is 1.43. The number of carbonyl (C=O) groups excluding carboxylic acids is 2. The van der Waals surface area contributed by atoms with Crippen molar-refractivity contribution in [3.05, 3.63) is 17.5 Å². The van der Waals surface area contributed by atoms with Crippen molar-refractivity contribution in [1.29, 1.82) is 0 Å². The van der Waals surface area contributed by atoms with Crippen LogP contribution >= 0.6 is 0 Å². The van der Waals surface area contributed by atoms with E-state index in [0.717, 1.165) is 57.6 Å². The van der Waals surface area contributed by atoms with Crippen LogP contribution in [0.15, 0.2) is 10.6 Å². The Hall–Kier alpha value is -1.93. The van der Waals surface area contributed by atoms with Crippen molar-refractivity contribution < 1.29 is 18.8 Å². The highest BCUT2D eigenvalue weighted by atomic mass is 16.5. The Labute approximate surface area is 166 Å². The molecule has 3 rings (SSSR count). The molecule has 1 atom stereocenters. The Bertz CT molecular complexity index is 654. The van der Waals surface area contributed by atoms with E-state index in [0.29, 0.717) is 25.0 Å². The molecule has 28 heavy (non-hydrogen) atoms. The van der Waals surface area contributed by atoms with Crippen LogP contribution in [0.3, 0.4) is 0 Å². The van der Waals surface area contributed by atoms with Gasteiger partial charge in [-0.05, 0) is 39.2 Å². The molecule has 3 heterocycles. The topological polar surface area (TPSA) is 87.9 Å². The fourth-order valence-corrected chi connectivity index (χ4v) is 4.21. The predicted octanol–water partition coefficient (Wildman–Crippen LogP) is 0.991. The van der Waals surface area contributed by atoms with E-state index in [-0.39, 0.29) is 24.2 Å². The third-order valence-electron chi connectivity index (χ3n) is 5.76. The zero-order valence-corrected chi connectivity index (χ0v) is 17.0. The van der Waals surface area contributed by atoms with Gasteiger partial charge in [0.25, 0.3) is 0 Å². The highest BCUT2D eigenvalue weighted by Crippen LogP contribution is 2.24. The molecule has 2 aliphatic heterocycles. The summed E-state index contributed by atoms with van der Waals surface area (Å²) in [5.41, 5.74) is 0.799. The number of aromatic nitrogens is 1. The van der Waals surface area contributed by atoms with Gasteiger partial charge in [0.05, 0.1) is 24.6 Å². The lowest BCUT2D eigenvalue weighted by Gasteiger charge is -2.42. The molecule has 2 amide bonds. The van der Waals surface area contributed by atoms with Gasteiger partial charge in [0, 0.05) is 45.4 Å². The van der Waals surface area contributed by atoms with E-state index in [1.54, 1.807) is 7.11 Å². The predicted molar refractivity (Wildman–Crippen MR) is 104 cm³/mol. The van der Waals surface area contributed by atoms with Gasteiger partial charge in [0.2, 0.25) is 11.8 Å². The third kappa shape index (κ3) is 5.54.